The Morgan fingerprint density at radius 1 is 0.853 bits per heavy atom. The van der Waals surface area contributed by atoms with Crippen LogP contribution in [0.15, 0.2) is 66.7 Å². The van der Waals surface area contributed by atoms with E-state index in [-0.39, 0.29) is 11.3 Å². The van der Waals surface area contributed by atoms with Gasteiger partial charge < -0.3 is 4.98 Å². The Bertz CT molecular complexity index is 1580. The Morgan fingerprint density at radius 2 is 1.50 bits per heavy atom. The van der Waals surface area contributed by atoms with E-state index in [1.54, 1.807) is 53.3 Å². The topological polar surface area (TPSA) is 121 Å². The second-order valence-corrected chi connectivity index (χ2v) is 10.8. The summed E-state index contributed by atoms with van der Waals surface area (Å²) in [5.41, 5.74) is -2.73. The van der Waals surface area contributed by atoms with E-state index >= 15 is 0 Å². The minimum Gasteiger partial charge on any atom is -0.338 e. The Hall–Kier alpha value is -3.58. The number of halogens is 3. The van der Waals surface area contributed by atoms with Gasteiger partial charge in [-0.05, 0) is 48.0 Å². The fraction of sp³-hybridized carbons (Fsp3) is 0.0952. The van der Waals surface area contributed by atoms with Crippen LogP contribution in [0.1, 0.15) is 0 Å². The van der Waals surface area contributed by atoms with Crippen molar-refractivity contribution in [1.29, 1.82) is 0 Å². The van der Waals surface area contributed by atoms with Crippen molar-refractivity contribution in [2.45, 2.75) is 5.51 Å². The molecule has 0 atom stereocenters. The van der Waals surface area contributed by atoms with Crippen molar-refractivity contribution in [1.82, 2.24) is 9.97 Å². The monoisotopic (exact) mass is 510 g/mol. The SMILES string of the molecule is CS(=O)(=O)Nc1ccc(-c2nc3ccc(-c4ccccc4NS(=O)(=O)C(F)(F)F)cc3[nH]2)cc1. The minimum atomic E-state index is -5.58. The van der Waals surface area contributed by atoms with Crippen LogP contribution in [0.4, 0.5) is 24.5 Å². The summed E-state index contributed by atoms with van der Waals surface area (Å²) < 4.78 is 88.3. The molecule has 178 valence electrons. The zero-order chi connectivity index (χ0) is 24.7. The normalized spacial score (nSPS) is 12.6. The van der Waals surface area contributed by atoms with Crippen LogP contribution >= 0.6 is 0 Å². The van der Waals surface area contributed by atoms with Gasteiger partial charge in [0.1, 0.15) is 5.82 Å². The third-order valence-electron chi connectivity index (χ3n) is 4.73. The lowest BCUT2D eigenvalue weighted by Crippen LogP contribution is -2.30. The van der Waals surface area contributed by atoms with Crippen LogP contribution in [0.25, 0.3) is 33.5 Å². The van der Waals surface area contributed by atoms with Crippen LogP contribution in [-0.4, -0.2) is 38.6 Å². The molecule has 0 saturated carbocycles. The number of benzene rings is 3. The number of rotatable bonds is 6. The molecule has 0 radical (unpaired) electrons. The number of fused-ring (bicyclic) bond motifs is 1. The van der Waals surface area contributed by atoms with Crippen LogP contribution < -0.4 is 9.44 Å². The van der Waals surface area contributed by atoms with E-state index in [2.05, 4.69) is 14.7 Å². The lowest BCUT2D eigenvalue weighted by Gasteiger charge is -2.14. The van der Waals surface area contributed by atoms with Crippen molar-refractivity contribution >= 4 is 42.5 Å². The molecule has 0 amide bonds. The Balaban J connectivity index is 1.68. The molecule has 4 aromatic rings. The van der Waals surface area contributed by atoms with Gasteiger partial charge in [-0.15, -0.1) is 0 Å². The number of hydrogen-bond acceptors (Lipinski definition) is 5. The van der Waals surface area contributed by atoms with Gasteiger partial charge in [-0.1, -0.05) is 24.3 Å². The molecule has 0 aliphatic rings. The number of H-pyrrole nitrogens is 1. The first-order chi connectivity index (χ1) is 15.8. The molecule has 8 nitrogen and oxygen atoms in total. The number of para-hydroxylation sites is 1. The number of imidazole rings is 1. The Kier molecular flexibility index (Phi) is 5.77. The highest BCUT2D eigenvalue weighted by Gasteiger charge is 2.46. The van der Waals surface area contributed by atoms with Crippen molar-refractivity contribution in [3.05, 3.63) is 66.7 Å². The first-order valence-corrected chi connectivity index (χ1v) is 13.0. The number of hydrogen-bond donors (Lipinski definition) is 3. The molecule has 3 aromatic carbocycles. The highest BCUT2D eigenvalue weighted by molar-refractivity contribution is 7.93. The maximum Gasteiger partial charge on any atom is 0.516 e. The van der Waals surface area contributed by atoms with Gasteiger partial charge in [0.05, 0.1) is 23.0 Å². The Morgan fingerprint density at radius 3 is 2.15 bits per heavy atom. The van der Waals surface area contributed by atoms with Crippen molar-refractivity contribution in [3.8, 4) is 22.5 Å². The van der Waals surface area contributed by atoms with Gasteiger partial charge in [0.15, 0.2) is 0 Å². The number of nitrogens with one attached hydrogen (secondary N) is 3. The number of aromatic amines is 1. The number of alkyl halides is 3. The second-order valence-electron chi connectivity index (χ2n) is 7.37. The molecule has 0 bridgehead atoms. The van der Waals surface area contributed by atoms with Gasteiger partial charge in [0, 0.05) is 16.8 Å². The molecule has 0 fully saturated rings. The molecule has 4 rings (SSSR count). The van der Waals surface area contributed by atoms with E-state index in [1.165, 1.54) is 18.2 Å². The summed E-state index contributed by atoms with van der Waals surface area (Å²) in [6, 6.07) is 17.2. The van der Waals surface area contributed by atoms with Gasteiger partial charge in [-0.2, -0.15) is 21.6 Å². The maximum atomic E-state index is 12.8. The first kappa shape index (κ1) is 23.6. The molecule has 3 N–H and O–H groups in total. The van der Waals surface area contributed by atoms with E-state index < -0.39 is 25.6 Å². The van der Waals surface area contributed by atoms with E-state index in [9.17, 15) is 30.0 Å². The molecule has 0 unspecified atom stereocenters. The second kappa shape index (κ2) is 8.33. The highest BCUT2D eigenvalue weighted by atomic mass is 32.2. The highest BCUT2D eigenvalue weighted by Crippen LogP contribution is 2.34. The van der Waals surface area contributed by atoms with Gasteiger partial charge in [-0.3, -0.25) is 9.44 Å². The fourth-order valence-corrected chi connectivity index (χ4v) is 4.40. The smallest absolute Gasteiger partial charge is 0.338 e. The van der Waals surface area contributed by atoms with E-state index in [4.69, 9.17) is 0 Å². The van der Waals surface area contributed by atoms with Crippen molar-refractivity contribution in [2.24, 2.45) is 0 Å². The van der Waals surface area contributed by atoms with Crippen LogP contribution in [0.2, 0.25) is 0 Å². The first-order valence-electron chi connectivity index (χ1n) is 9.59. The van der Waals surface area contributed by atoms with Crippen LogP contribution in [0.5, 0.6) is 0 Å². The van der Waals surface area contributed by atoms with Crippen molar-refractivity contribution < 1.29 is 30.0 Å². The fourth-order valence-electron chi connectivity index (χ4n) is 3.25. The molecule has 1 aromatic heterocycles. The van der Waals surface area contributed by atoms with E-state index in [1.807, 2.05) is 0 Å². The van der Waals surface area contributed by atoms with Gasteiger partial charge in [0.2, 0.25) is 10.0 Å². The largest absolute Gasteiger partial charge is 0.516 e. The van der Waals surface area contributed by atoms with Crippen LogP contribution in [0, 0.1) is 0 Å². The zero-order valence-corrected chi connectivity index (χ0v) is 19.0. The van der Waals surface area contributed by atoms with Crippen molar-refractivity contribution in [3.63, 3.8) is 0 Å². The molecular formula is C21H17F3N4O4S2. The number of sulfonamides is 2. The lowest BCUT2D eigenvalue weighted by molar-refractivity contribution is -0.0429. The summed E-state index contributed by atoms with van der Waals surface area (Å²) in [6.45, 7) is 0. The standard InChI is InChI=1S/C21H17F3N4O4S2/c1-33(29,30)27-15-9-6-13(7-10-15)20-25-18-11-8-14(12-19(18)26-20)16-4-2-3-5-17(16)28-34(31,32)21(22,23)24/h2-12,27-28H,1H3,(H,25,26). The molecular weight excluding hydrogens is 493 g/mol. The molecule has 1 heterocycles. The molecule has 13 heteroatoms. The van der Waals surface area contributed by atoms with E-state index in [0.717, 1.165) is 6.26 Å². The third kappa shape index (κ3) is 4.99. The third-order valence-corrected chi connectivity index (χ3v) is 6.44. The Labute approximate surface area is 193 Å². The predicted molar refractivity (Wildman–Crippen MR) is 124 cm³/mol. The molecule has 0 aliphatic carbocycles. The predicted octanol–water partition coefficient (Wildman–Crippen LogP) is 4.53. The average Bonchev–Trinajstić information content (AvgIpc) is 3.16. The number of anilines is 2. The summed E-state index contributed by atoms with van der Waals surface area (Å²) in [5, 5.41) is 0. The quantitative estimate of drug-likeness (QED) is 0.352. The van der Waals surface area contributed by atoms with Crippen LogP contribution in [0.3, 0.4) is 0 Å². The summed E-state index contributed by atoms with van der Waals surface area (Å²) in [7, 11) is -8.99. The molecule has 0 saturated heterocycles. The summed E-state index contributed by atoms with van der Waals surface area (Å²) in [5.74, 6) is 0.490. The lowest BCUT2D eigenvalue weighted by atomic mass is 10.0. The molecule has 0 spiro atoms. The summed E-state index contributed by atoms with van der Waals surface area (Å²) >= 11 is 0. The van der Waals surface area contributed by atoms with Gasteiger partial charge >= 0.3 is 15.5 Å². The number of aromatic nitrogens is 2. The van der Waals surface area contributed by atoms with Crippen molar-refractivity contribution in [2.75, 3.05) is 15.7 Å². The summed E-state index contributed by atoms with van der Waals surface area (Å²) in [4.78, 5) is 7.59. The maximum absolute atomic E-state index is 12.8. The minimum absolute atomic E-state index is 0.215. The summed E-state index contributed by atoms with van der Waals surface area (Å²) in [6.07, 6.45) is 1.05. The average molecular weight is 511 g/mol. The molecule has 0 aliphatic heterocycles. The molecule has 34 heavy (non-hydrogen) atoms. The van der Waals surface area contributed by atoms with Gasteiger partial charge in [-0.25, -0.2) is 13.4 Å². The van der Waals surface area contributed by atoms with Gasteiger partial charge in [0.25, 0.3) is 0 Å². The number of nitrogens with zero attached hydrogens (tertiary/aromatic N) is 1. The van der Waals surface area contributed by atoms with Crippen LogP contribution in [-0.2, 0) is 20.0 Å². The van der Waals surface area contributed by atoms with E-state index in [0.29, 0.717) is 33.7 Å². The zero-order valence-electron chi connectivity index (χ0n) is 17.4.